The number of hydrogen-bond acceptors (Lipinski definition) is 6. The summed E-state index contributed by atoms with van der Waals surface area (Å²) in [5.74, 6) is 0.796. The number of amides is 1. The summed E-state index contributed by atoms with van der Waals surface area (Å²) in [6.45, 7) is 8.05. The molecule has 9 heteroatoms. The van der Waals surface area contributed by atoms with E-state index < -0.39 is 0 Å². The quantitative estimate of drug-likeness (QED) is 0.657. The Morgan fingerprint density at radius 3 is 2.53 bits per heavy atom. The van der Waals surface area contributed by atoms with Crippen LogP contribution in [-0.2, 0) is 11.8 Å². The number of aromatic nitrogens is 4. The Kier molecular flexibility index (Phi) is 5.19. The van der Waals surface area contributed by atoms with Crippen LogP contribution in [0.2, 0.25) is 0 Å². The van der Waals surface area contributed by atoms with Gasteiger partial charge in [-0.2, -0.15) is 5.10 Å². The summed E-state index contributed by atoms with van der Waals surface area (Å²) in [5, 5.41) is 4.36. The molecule has 0 aliphatic carbocycles. The zero-order valence-corrected chi connectivity index (χ0v) is 17.7. The molecule has 1 saturated heterocycles. The summed E-state index contributed by atoms with van der Waals surface area (Å²) in [5.41, 5.74) is 2.73. The second-order valence-electron chi connectivity index (χ2n) is 7.77. The third kappa shape index (κ3) is 3.62. The summed E-state index contributed by atoms with van der Waals surface area (Å²) in [7, 11) is 1.76. The molecule has 158 valence electrons. The molecule has 0 saturated carbocycles. The smallest absolute Gasteiger partial charge is 0.410 e. The number of hydrogen-bond donors (Lipinski definition) is 0. The maximum atomic E-state index is 12.7. The highest BCUT2D eigenvalue weighted by molar-refractivity contribution is 5.77. The minimum Gasteiger partial charge on any atom is -0.447 e. The summed E-state index contributed by atoms with van der Waals surface area (Å²) in [4.78, 5) is 33.5. The Morgan fingerprint density at radius 1 is 1.10 bits per heavy atom. The van der Waals surface area contributed by atoms with Crippen LogP contribution in [0.1, 0.15) is 19.5 Å². The van der Waals surface area contributed by atoms with Crippen molar-refractivity contribution in [3.8, 4) is 11.1 Å². The number of rotatable bonds is 3. The Morgan fingerprint density at radius 2 is 1.83 bits per heavy atom. The summed E-state index contributed by atoms with van der Waals surface area (Å²) >= 11 is 0. The predicted molar refractivity (Wildman–Crippen MR) is 114 cm³/mol. The molecule has 1 aliphatic heterocycles. The van der Waals surface area contributed by atoms with Crippen molar-refractivity contribution in [3.63, 3.8) is 0 Å². The Labute approximate surface area is 174 Å². The normalized spacial score (nSPS) is 14.6. The fraction of sp³-hybridized carbons (Fsp3) is 0.429. The van der Waals surface area contributed by atoms with E-state index >= 15 is 0 Å². The molecule has 1 aliphatic rings. The van der Waals surface area contributed by atoms with Crippen LogP contribution < -0.4 is 10.5 Å². The lowest BCUT2D eigenvalue weighted by atomic mass is 10.1. The fourth-order valence-electron chi connectivity index (χ4n) is 3.55. The molecule has 0 bridgehead atoms. The molecule has 30 heavy (non-hydrogen) atoms. The lowest BCUT2D eigenvalue weighted by molar-refractivity contribution is 0.0751. The minimum atomic E-state index is -0.277. The van der Waals surface area contributed by atoms with Crippen LogP contribution >= 0.6 is 0 Å². The van der Waals surface area contributed by atoms with E-state index in [4.69, 9.17) is 9.72 Å². The van der Waals surface area contributed by atoms with Crippen LogP contribution in [0.25, 0.3) is 16.8 Å². The van der Waals surface area contributed by atoms with Gasteiger partial charge in [-0.15, -0.1) is 0 Å². The molecule has 4 heterocycles. The highest BCUT2D eigenvalue weighted by atomic mass is 16.6. The molecule has 3 aromatic rings. The van der Waals surface area contributed by atoms with Crippen molar-refractivity contribution >= 4 is 17.6 Å². The number of ether oxygens (including phenoxy) is 1. The predicted octanol–water partition coefficient (Wildman–Crippen LogP) is 2.07. The van der Waals surface area contributed by atoms with Crippen LogP contribution in [0.3, 0.4) is 0 Å². The highest BCUT2D eigenvalue weighted by Gasteiger charge is 2.24. The number of nitrogens with zero attached hydrogens (tertiary/aromatic N) is 6. The first-order valence-electron chi connectivity index (χ1n) is 10.1. The van der Waals surface area contributed by atoms with Gasteiger partial charge in [0.15, 0.2) is 5.65 Å². The van der Waals surface area contributed by atoms with Gasteiger partial charge < -0.3 is 19.1 Å². The van der Waals surface area contributed by atoms with Gasteiger partial charge >= 0.3 is 6.09 Å². The molecule has 1 amide bonds. The molecule has 0 aromatic carbocycles. The van der Waals surface area contributed by atoms with Gasteiger partial charge in [0.25, 0.3) is 5.56 Å². The first kappa shape index (κ1) is 19.9. The third-order valence-electron chi connectivity index (χ3n) is 5.40. The molecule has 0 atom stereocenters. The molecule has 0 N–H and O–H groups in total. The zero-order valence-electron chi connectivity index (χ0n) is 17.7. The molecular weight excluding hydrogens is 384 g/mol. The van der Waals surface area contributed by atoms with Gasteiger partial charge in [-0.25, -0.2) is 14.3 Å². The van der Waals surface area contributed by atoms with Gasteiger partial charge in [-0.3, -0.25) is 4.79 Å². The van der Waals surface area contributed by atoms with Crippen molar-refractivity contribution in [2.24, 2.45) is 7.05 Å². The van der Waals surface area contributed by atoms with Crippen LogP contribution in [0.4, 0.5) is 10.6 Å². The zero-order chi connectivity index (χ0) is 21.4. The van der Waals surface area contributed by atoms with E-state index in [0.29, 0.717) is 43.0 Å². The minimum absolute atomic E-state index is 0.0746. The van der Waals surface area contributed by atoms with Crippen molar-refractivity contribution in [1.82, 2.24) is 24.1 Å². The maximum Gasteiger partial charge on any atom is 0.410 e. The largest absolute Gasteiger partial charge is 0.447 e. The van der Waals surface area contributed by atoms with Crippen LogP contribution in [0.5, 0.6) is 0 Å². The number of pyridine rings is 1. The monoisotopic (exact) mass is 410 g/mol. The van der Waals surface area contributed by atoms with E-state index in [0.717, 1.165) is 11.5 Å². The number of carbonyl (C=O) groups is 1. The molecule has 1 fully saturated rings. The van der Waals surface area contributed by atoms with Crippen LogP contribution in [0, 0.1) is 6.92 Å². The number of anilines is 1. The van der Waals surface area contributed by atoms with E-state index in [-0.39, 0.29) is 17.8 Å². The van der Waals surface area contributed by atoms with Gasteiger partial charge in [-0.05, 0) is 39.0 Å². The van der Waals surface area contributed by atoms with Crippen molar-refractivity contribution in [3.05, 3.63) is 46.6 Å². The average Bonchev–Trinajstić information content (AvgIpc) is 3.15. The van der Waals surface area contributed by atoms with Crippen molar-refractivity contribution < 1.29 is 9.53 Å². The fourth-order valence-corrected chi connectivity index (χ4v) is 3.55. The number of fused-ring (bicyclic) bond motifs is 1. The molecule has 0 radical (unpaired) electrons. The van der Waals surface area contributed by atoms with E-state index in [1.54, 1.807) is 27.2 Å². The summed E-state index contributed by atoms with van der Waals surface area (Å²) in [6, 6.07) is 5.64. The SMILES string of the molecule is Cc1ccc(-c2cnn3ccc(N4CCN(C(=O)OC(C)C)CC4)nc23)c(=O)n1C. The number of carbonyl (C=O) groups excluding carboxylic acids is 1. The average molecular weight is 410 g/mol. The molecule has 0 spiro atoms. The van der Waals surface area contributed by atoms with E-state index in [9.17, 15) is 9.59 Å². The second kappa shape index (κ2) is 7.81. The van der Waals surface area contributed by atoms with E-state index in [2.05, 4.69) is 10.00 Å². The van der Waals surface area contributed by atoms with Gasteiger partial charge in [0.2, 0.25) is 0 Å². The van der Waals surface area contributed by atoms with Crippen LogP contribution in [0.15, 0.2) is 35.4 Å². The van der Waals surface area contributed by atoms with Gasteiger partial charge in [0, 0.05) is 45.1 Å². The standard InChI is InChI=1S/C21H26N6O3/c1-14(2)30-21(29)26-11-9-25(10-12-26)18-7-8-27-19(23-18)17(13-22-27)16-6-5-15(3)24(4)20(16)28/h5-8,13-14H,9-12H2,1-4H3. The molecule has 4 rings (SSSR count). The van der Waals surface area contributed by atoms with Gasteiger partial charge in [0.1, 0.15) is 5.82 Å². The van der Waals surface area contributed by atoms with Gasteiger partial charge in [-0.1, -0.05) is 0 Å². The second-order valence-corrected chi connectivity index (χ2v) is 7.77. The highest BCUT2D eigenvalue weighted by Crippen LogP contribution is 2.23. The van der Waals surface area contributed by atoms with E-state index in [1.165, 1.54) is 0 Å². The molecule has 0 unspecified atom stereocenters. The first-order chi connectivity index (χ1) is 14.3. The number of aryl methyl sites for hydroxylation is 1. The number of piperazine rings is 1. The maximum absolute atomic E-state index is 12.7. The third-order valence-corrected chi connectivity index (χ3v) is 5.40. The first-order valence-corrected chi connectivity index (χ1v) is 10.1. The summed E-state index contributed by atoms with van der Waals surface area (Å²) < 4.78 is 8.58. The Hall–Kier alpha value is -3.36. The lowest BCUT2D eigenvalue weighted by Gasteiger charge is -2.35. The van der Waals surface area contributed by atoms with E-state index in [1.807, 2.05) is 45.2 Å². The topological polar surface area (TPSA) is 85.0 Å². The Bertz CT molecular complexity index is 1140. The van der Waals surface area contributed by atoms with Crippen molar-refractivity contribution in [1.29, 1.82) is 0 Å². The van der Waals surface area contributed by atoms with Crippen LogP contribution in [-0.4, -0.2) is 62.4 Å². The molecular formula is C21H26N6O3. The Balaban J connectivity index is 1.59. The summed E-state index contributed by atoms with van der Waals surface area (Å²) in [6.07, 6.45) is 3.12. The molecule has 3 aromatic heterocycles. The lowest BCUT2D eigenvalue weighted by Crippen LogP contribution is -2.49. The van der Waals surface area contributed by atoms with Crippen molar-refractivity contribution in [2.75, 3.05) is 31.1 Å². The van der Waals surface area contributed by atoms with Gasteiger partial charge in [0.05, 0.1) is 23.4 Å². The van der Waals surface area contributed by atoms with Crippen molar-refractivity contribution in [2.45, 2.75) is 26.9 Å². The molecule has 9 nitrogen and oxygen atoms in total.